The van der Waals surface area contributed by atoms with E-state index in [1.165, 1.54) is 18.2 Å². The third-order valence-electron chi connectivity index (χ3n) is 6.92. The summed E-state index contributed by atoms with van der Waals surface area (Å²) in [5, 5.41) is 1.13. The van der Waals surface area contributed by atoms with E-state index in [1.807, 2.05) is 41.3 Å². The SMILES string of the molecule is O=C(c1ccc(Cl)cc1)[C@@H]1[C@@H]2C(=O)N(c3cc(Cl)cc(Cl)c3)C(=O)[C@@H]2[C@H]2C=Cc3ccccc3N21. The van der Waals surface area contributed by atoms with Crippen molar-refractivity contribution in [3.63, 3.8) is 0 Å². The van der Waals surface area contributed by atoms with Crippen LogP contribution in [0.15, 0.2) is 72.8 Å². The van der Waals surface area contributed by atoms with E-state index in [1.54, 1.807) is 24.3 Å². The van der Waals surface area contributed by atoms with E-state index in [0.29, 0.717) is 26.3 Å². The number of rotatable bonds is 3. The maximum absolute atomic E-state index is 13.9. The minimum Gasteiger partial charge on any atom is -0.352 e. The molecule has 0 aromatic heterocycles. The molecule has 0 aliphatic carbocycles. The van der Waals surface area contributed by atoms with Gasteiger partial charge in [0.15, 0.2) is 5.78 Å². The first-order valence-electron chi connectivity index (χ1n) is 11.0. The Balaban J connectivity index is 1.50. The second-order valence-electron chi connectivity index (χ2n) is 8.82. The molecule has 5 nitrogen and oxygen atoms in total. The van der Waals surface area contributed by atoms with E-state index in [4.69, 9.17) is 34.8 Å². The lowest BCUT2D eigenvalue weighted by Gasteiger charge is -2.36. The number of benzene rings is 3. The first-order chi connectivity index (χ1) is 16.8. The number of carbonyl (C=O) groups excluding carboxylic acids is 3. The Morgan fingerprint density at radius 1 is 0.771 bits per heavy atom. The Hall–Kier alpha value is -3.12. The standard InChI is InChI=1S/C27H17Cl3N2O3/c28-16-8-5-15(6-9-16)25(33)24-23-22(21-10-7-14-3-1-2-4-20(14)32(21)24)26(34)31(27(23)35)19-12-17(29)11-18(30)13-19/h1-13,21-24H/t21-,22-,23-,24+/m1/s1. The van der Waals surface area contributed by atoms with Crippen LogP contribution in [0.1, 0.15) is 15.9 Å². The van der Waals surface area contributed by atoms with Crippen LogP contribution in [0.4, 0.5) is 11.4 Å². The van der Waals surface area contributed by atoms with Crippen LogP contribution in [0.5, 0.6) is 0 Å². The average molecular weight is 524 g/mol. The largest absolute Gasteiger partial charge is 0.352 e. The van der Waals surface area contributed by atoms with Gasteiger partial charge in [-0.25, -0.2) is 4.90 Å². The molecule has 0 N–H and O–H groups in total. The molecule has 4 atom stereocenters. The van der Waals surface area contributed by atoms with Gasteiger partial charge in [0, 0.05) is 26.3 Å². The molecular weight excluding hydrogens is 507 g/mol. The molecule has 3 aromatic rings. The zero-order chi connectivity index (χ0) is 24.4. The normalized spacial score (nSPS) is 24.4. The lowest BCUT2D eigenvalue weighted by Crippen LogP contribution is -2.48. The molecule has 2 saturated heterocycles. The maximum Gasteiger partial charge on any atom is 0.240 e. The highest BCUT2D eigenvalue weighted by molar-refractivity contribution is 6.36. The van der Waals surface area contributed by atoms with Crippen LogP contribution in [0.2, 0.25) is 15.1 Å². The zero-order valence-electron chi connectivity index (χ0n) is 18.1. The molecule has 0 unspecified atom stereocenters. The molecule has 3 aliphatic heterocycles. The third-order valence-corrected chi connectivity index (χ3v) is 7.61. The average Bonchev–Trinajstić information content (AvgIpc) is 3.31. The van der Waals surface area contributed by atoms with Crippen LogP contribution in [0.25, 0.3) is 6.08 Å². The Kier molecular flexibility index (Phi) is 5.26. The van der Waals surface area contributed by atoms with Crippen LogP contribution in [-0.2, 0) is 9.59 Å². The van der Waals surface area contributed by atoms with Crippen molar-refractivity contribution in [3.8, 4) is 0 Å². The topological polar surface area (TPSA) is 57.7 Å². The molecule has 3 aromatic carbocycles. The van der Waals surface area contributed by atoms with Gasteiger partial charge < -0.3 is 4.90 Å². The smallest absolute Gasteiger partial charge is 0.240 e. The molecule has 0 spiro atoms. The Labute approximate surface area is 216 Å². The molecule has 8 heteroatoms. The van der Waals surface area contributed by atoms with Crippen LogP contribution < -0.4 is 9.80 Å². The first-order valence-corrected chi connectivity index (χ1v) is 12.2. The molecule has 3 aliphatic rings. The van der Waals surface area contributed by atoms with Crippen molar-refractivity contribution < 1.29 is 14.4 Å². The van der Waals surface area contributed by atoms with Crippen molar-refractivity contribution >= 4 is 69.9 Å². The van der Waals surface area contributed by atoms with Gasteiger partial charge in [0.1, 0.15) is 6.04 Å². The number of Topliss-reactive ketones (excluding diaryl/α,β-unsaturated/α-hetero) is 1. The number of anilines is 2. The summed E-state index contributed by atoms with van der Waals surface area (Å²) in [6.45, 7) is 0. The molecule has 0 bridgehead atoms. The number of para-hydroxylation sites is 1. The van der Waals surface area contributed by atoms with Crippen LogP contribution in [-0.4, -0.2) is 29.7 Å². The first kappa shape index (κ1) is 22.4. The number of amides is 2. The van der Waals surface area contributed by atoms with Gasteiger partial charge in [-0.3, -0.25) is 14.4 Å². The van der Waals surface area contributed by atoms with Gasteiger partial charge in [-0.05, 0) is 54.1 Å². The summed E-state index contributed by atoms with van der Waals surface area (Å²) in [4.78, 5) is 44.6. The molecule has 35 heavy (non-hydrogen) atoms. The van der Waals surface area contributed by atoms with Crippen LogP contribution in [0, 0.1) is 11.8 Å². The Morgan fingerprint density at radius 3 is 2.14 bits per heavy atom. The monoisotopic (exact) mass is 522 g/mol. The molecule has 6 rings (SSSR count). The molecule has 3 heterocycles. The van der Waals surface area contributed by atoms with Crippen LogP contribution in [0.3, 0.4) is 0 Å². The maximum atomic E-state index is 13.9. The summed E-state index contributed by atoms with van der Waals surface area (Å²) < 4.78 is 0. The molecule has 2 amide bonds. The molecule has 0 radical (unpaired) electrons. The van der Waals surface area contributed by atoms with Crippen molar-refractivity contribution in [2.75, 3.05) is 9.80 Å². The lowest BCUT2D eigenvalue weighted by molar-refractivity contribution is -0.122. The highest BCUT2D eigenvalue weighted by Crippen LogP contribution is 2.50. The summed E-state index contributed by atoms with van der Waals surface area (Å²) in [5.74, 6) is -2.65. The number of hydrogen-bond acceptors (Lipinski definition) is 4. The highest BCUT2D eigenvalue weighted by Gasteiger charge is 2.64. The van der Waals surface area contributed by atoms with E-state index in [0.717, 1.165) is 16.2 Å². The number of imide groups is 1. The Morgan fingerprint density at radius 2 is 1.43 bits per heavy atom. The van der Waals surface area contributed by atoms with Crippen molar-refractivity contribution in [1.82, 2.24) is 0 Å². The van der Waals surface area contributed by atoms with Gasteiger partial charge in [0.2, 0.25) is 11.8 Å². The molecule has 174 valence electrons. The minimum atomic E-state index is -0.871. The van der Waals surface area contributed by atoms with Crippen molar-refractivity contribution in [1.29, 1.82) is 0 Å². The van der Waals surface area contributed by atoms with Gasteiger partial charge in [-0.2, -0.15) is 0 Å². The fourth-order valence-electron chi connectivity index (χ4n) is 5.52. The molecule has 0 saturated carbocycles. The van der Waals surface area contributed by atoms with Gasteiger partial charge in [0.25, 0.3) is 0 Å². The summed E-state index contributed by atoms with van der Waals surface area (Å²) >= 11 is 18.4. The summed E-state index contributed by atoms with van der Waals surface area (Å²) in [6.07, 6.45) is 3.86. The second-order valence-corrected chi connectivity index (χ2v) is 10.1. The molecular formula is C27H17Cl3N2O3. The predicted octanol–water partition coefficient (Wildman–Crippen LogP) is 5.92. The highest BCUT2D eigenvalue weighted by atomic mass is 35.5. The van der Waals surface area contributed by atoms with E-state index in [2.05, 4.69) is 0 Å². The van der Waals surface area contributed by atoms with Crippen molar-refractivity contribution in [2.24, 2.45) is 11.8 Å². The summed E-state index contributed by atoms with van der Waals surface area (Å²) in [6, 6.07) is 17.5. The van der Waals surface area contributed by atoms with Crippen LogP contribution >= 0.6 is 34.8 Å². The van der Waals surface area contributed by atoms with Gasteiger partial charge >= 0.3 is 0 Å². The Bertz CT molecular complexity index is 1420. The molecule has 2 fully saturated rings. The third kappa shape index (κ3) is 3.41. The fraction of sp³-hybridized carbons (Fsp3) is 0.148. The van der Waals surface area contributed by atoms with E-state index < -0.39 is 29.8 Å². The minimum absolute atomic E-state index is 0.239. The second kappa shape index (κ2) is 8.23. The summed E-state index contributed by atoms with van der Waals surface area (Å²) in [5.41, 5.74) is 2.47. The lowest BCUT2D eigenvalue weighted by atomic mass is 9.86. The van der Waals surface area contributed by atoms with Gasteiger partial charge in [-0.1, -0.05) is 65.2 Å². The van der Waals surface area contributed by atoms with Crippen molar-refractivity contribution in [3.05, 3.63) is 99.0 Å². The van der Waals surface area contributed by atoms with Gasteiger partial charge in [0.05, 0.1) is 23.6 Å². The summed E-state index contributed by atoms with van der Waals surface area (Å²) in [7, 11) is 0. The number of halogens is 3. The van der Waals surface area contributed by atoms with E-state index in [-0.39, 0.29) is 11.7 Å². The van der Waals surface area contributed by atoms with E-state index >= 15 is 0 Å². The number of carbonyl (C=O) groups is 3. The number of nitrogens with zero attached hydrogens (tertiary/aromatic N) is 2. The number of ketones is 1. The predicted molar refractivity (Wildman–Crippen MR) is 137 cm³/mol. The van der Waals surface area contributed by atoms with Gasteiger partial charge in [-0.15, -0.1) is 0 Å². The fourth-order valence-corrected chi connectivity index (χ4v) is 6.16. The quantitative estimate of drug-likeness (QED) is 0.316. The number of hydrogen-bond donors (Lipinski definition) is 0. The zero-order valence-corrected chi connectivity index (χ0v) is 20.3. The van der Waals surface area contributed by atoms with Crippen molar-refractivity contribution in [2.45, 2.75) is 12.1 Å². The van der Waals surface area contributed by atoms with E-state index in [9.17, 15) is 14.4 Å². The number of fused-ring (bicyclic) bond motifs is 5.